The van der Waals surface area contributed by atoms with Gasteiger partial charge in [-0.15, -0.1) is 0 Å². The summed E-state index contributed by atoms with van der Waals surface area (Å²) in [5.74, 6) is -0.657. The molecule has 0 N–H and O–H groups in total. The van der Waals surface area contributed by atoms with Crippen LogP contribution in [0.15, 0.2) is 18.3 Å². The molecule has 1 heterocycles. The van der Waals surface area contributed by atoms with Gasteiger partial charge >= 0.3 is 5.97 Å². The molecule has 0 unspecified atom stereocenters. The first-order valence-electron chi connectivity index (χ1n) is 5.00. The summed E-state index contributed by atoms with van der Waals surface area (Å²) in [5.41, 5.74) is 0.834. The van der Waals surface area contributed by atoms with Crippen LogP contribution in [-0.4, -0.2) is 17.6 Å². The SMILES string of the molecule is CCOC(=O)[C@H]1C[C@@H]1c1ccnc(F)c1. The molecular formula is C11H12FNO2. The minimum absolute atomic E-state index is 0.0910. The molecule has 2 rings (SSSR count). The first-order chi connectivity index (χ1) is 7.22. The second-order valence-electron chi connectivity index (χ2n) is 3.61. The van der Waals surface area contributed by atoms with E-state index in [2.05, 4.69) is 4.98 Å². The average Bonchev–Trinajstić information content (AvgIpc) is 2.97. The van der Waals surface area contributed by atoms with E-state index in [0.29, 0.717) is 6.61 Å². The molecule has 80 valence electrons. The van der Waals surface area contributed by atoms with Crippen molar-refractivity contribution >= 4 is 5.97 Å². The number of esters is 1. The number of rotatable bonds is 3. The molecule has 1 aromatic rings. The maximum atomic E-state index is 12.8. The summed E-state index contributed by atoms with van der Waals surface area (Å²) in [6, 6.07) is 3.12. The fourth-order valence-electron chi connectivity index (χ4n) is 1.72. The molecule has 0 saturated heterocycles. The summed E-state index contributed by atoms with van der Waals surface area (Å²) in [4.78, 5) is 14.8. The van der Waals surface area contributed by atoms with Crippen LogP contribution < -0.4 is 0 Å². The predicted octanol–water partition coefficient (Wildman–Crippen LogP) is 1.89. The molecule has 1 aliphatic rings. The highest BCUT2D eigenvalue weighted by Gasteiger charge is 2.45. The second kappa shape index (κ2) is 3.96. The van der Waals surface area contributed by atoms with Crippen LogP contribution >= 0.6 is 0 Å². The van der Waals surface area contributed by atoms with Crippen LogP contribution in [-0.2, 0) is 9.53 Å². The minimum atomic E-state index is -0.498. The molecule has 1 aromatic heterocycles. The number of nitrogens with zero attached hydrogens (tertiary/aromatic N) is 1. The molecule has 1 fully saturated rings. The lowest BCUT2D eigenvalue weighted by molar-refractivity contribution is -0.144. The molecule has 0 amide bonds. The van der Waals surface area contributed by atoms with Crippen LogP contribution in [0.3, 0.4) is 0 Å². The molecule has 0 aliphatic heterocycles. The van der Waals surface area contributed by atoms with Gasteiger partial charge in [0.15, 0.2) is 0 Å². The zero-order valence-electron chi connectivity index (χ0n) is 8.44. The average molecular weight is 209 g/mol. The molecule has 1 saturated carbocycles. The highest BCUT2D eigenvalue weighted by molar-refractivity contribution is 5.77. The van der Waals surface area contributed by atoms with Gasteiger partial charge in [0.05, 0.1) is 12.5 Å². The quantitative estimate of drug-likeness (QED) is 0.563. The fraction of sp³-hybridized carbons (Fsp3) is 0.455. The zero-order chi connectivity index (χ0) is 10.8. The summed E-state index contributed by atoms with van der Waals surface area (Å²) in [6.07, 6.45) is 2.17. The third-order valence-corrected chi connectivity index (χ3v) is 2.56. The van der Waals surface area contributed by atoms with Gasteiger partial charge < -0.3 is 4.74 Å². The van der Waals surface area contributed by atoms with E-state index in [-0.39, 0.29) is 17.8 Å². The summed E-state index contributed by atoms with van der Waals surface area (Å²) < 4.78 is 17.7. The molecule has 0 radical (unpaired) electrons. The summed E-state index contributed by atoms with van der Waals surface area (Å²) in [7, 11) is 0. The Bertz CT molecular complexity index is 381. The van der Waals surface area contributed by atoms with Gasteiger partial charge in [0.2, 0.25) is 5.95 Å². The Balaban J connectivity index is 2.01. The molecule has 0 bridgehead atoms. The van der Waals surface area contributed by atoms with Crippen LogP contribution in [0.4, 0.5) is 4.39 Å². The lowest BCUT2D eigenvalue weighted by Gasteiger charge is -2.01. The van der Waals surface area contributed by atoms with Crippen LogP contribution in [0.25, 0.3) is 0 Å². The molecule has 2 atom stereocenters. The van der Waals surface area contributed by atoms with E-state index in [0.717, 1.165) is 12.0 Å². The fourth-order valence-corrected chi connectivity index (χ4v) is 1.72. The van der Waals surface area contributed by atoms with Crippen molar-refractivity contribution in [2.24, 2.45) is 5.92 Å². The van der Waals surface area contributed by atoms with Crippen molar-refractivity contribution in [2.75, 3.05) is 6.61 Å². The van der Waals surface area contributed by atoms with E-state index in [1.165, 1.54) is 12.3 Å². The minimum Gasteiger partial charge on any atom is -0.466 e. The van der Waals surface area contributed by atoms with Crippen LogP contribution in [0.5, 0.6) is 0 Å². The van der Waals surface area contributed by atoms with E-state index < -0.39 is 5.95 Å². The van der Waals surface area contributed by atoms with Crippen molar-refractivity contribution < 1.29 is 13.9 Å². The molecule has 0 aromatic carbocycles. The lowest BCUT2D eigenvalue weighted by atomic mass is 10.1. The Hall–Kier alpha value is -1.45. The zero-order valence-corrected chi connectivity index (χ0v) is 8.44. The predicted molar refractivity (Wildman–Crippen MR) is 51.7 cm³/mol. The number of hydrogen-bond donors (Lipinski definition) is 0. The number of halogens is 1. The summed E-state index contributed by atoms with van der Waals surface area (Å²) >= 11 is 0. The van der Waals surface area contributed by atoms with E-state index in [9.17, 15) is 9.18 Å². The molecule has 0 spiro atoms. The van der Waals surface area contributed by atoms with Gasteiger partial charge in [-0.05, 0) is 37.0 Å². The van der Waals surface area contributed by atoms with Gasteiger partial charge in [0.1, 0.15) is 0 Å². The first kappa shape index (κ1) is 10.1. The van der Waals surface area contributed by atoms with Gasteiger partial charge in [-0.2, -0.15) is 4.39 Å². The Morgan fingerprint density at radius 2 is 2.53 bits per heavy atom. The summed E-state index contributed by atoms with van der Waals surface area (Å²) in [5, 5.41) is 0. The van der Waals surface area contributed by atoms with E-state index in [4.69, 9.17) is 4.74 Å². The van der Waals surface area contributed by atoms with Gasteiger partial charge in [-0.25, -0.2) is 4.98 Å². The largest absolute Gasteiger partial charge is 0.466 e. The third-order valence-electron chi connectivity index (χ3n) is 2.56. The molecule has 3 nitrogen and oxygen atoms in total. The maximum Gasteiger partial charge on any atom is 0.309 e. The van der Waals surface area contributed by atoms with Crippen molar-refractivity contribution in [1.82, 2.24) is 4.98 Å². The van der Waals surface area contributed by atoms with Crippen molar-refractivity contribution in [3.05, 3.63) is 29.8 Å². The van der Waals surface area contributed by atoms with Crippen LogP contribution in [0.2, 0.25) is 0 Å². The molecule has 4 heteroatoms. The van der Waals surface area contributed by atoms with Gasteiger partial charge in [0.25, 0.3) is 0 Å². The second-order valence-corrected chi connectivity index (χ2v) is 3.61. The van der Waals surface area contributed by atoms with E-state index in [1.54, 1.807) is 13.0 Å². The molecule has 1 aliphatic carbocycles. The number of carbonyl (C=O) groups excluding carboxylic acids is 1. The van der Waals surface area contributed by atoms with Gasteiger partial charge in [-0.3, -0.25) is 4.79 Å². The van der Waals surface area contributed by atoms with Crippen LogP contribution in [0.1, 0.15) is 24.8 Å². The highest BCUT2D eigenvalue weighted by atomic mass is 19.1. The van der Waals surface area contributed by atoms with Crippen molar-refractivity contribution in [3.8, 4) is 0 Å². The maximum absolute atomic E-state index is 12.8. The summed E-state index contributed by atoms with van der Waals surface area (Å²) in [6.45, 7) is 2.17. The number of hydrogen-bond acceptors (Lipinski definition) is 3. The van der Waals surface area contributed by atoms with Crippen molar-refractivity contribution in [1.29, 1.82) is 0 Å². The Kier molecular flexibility index (Phi) is 2.66. The monoisotopic (exact) mass is 209 g/mol. The first-order valence-corrected chi connectivity index (χ1v) is 5.00. The normalized spacial score (nSPS) is 23.6. The number of carbonyl (C=O) groups is 1. The van der Waals surface area contributed by atoms with Gasteiger partial charge in [-0.1, -0.05) is 0 Å². The Labute approximate surface area is 87.3 Å². The molecule has 15 heavy (non-hydrogen) atoms. The van der Waals surface area contributed by atoms with E-state index >= 15 is 0 Å². The standard InChI is InChI=1S/C11H12FNO2/c1-2-15-11(14)9-6-8(9)7-3-4-13-10(12)5-7/h3-5,8-9H,2,6H2,1H3/t8-,9+/m1/s1. The number of pyridine rings is 1. The molecular weight excluding hydrogens is 197 g/mol. The Morgan fingerprint density at radius 3 is 3.20 bits per heavy atom. The number of ether oxygens (including phenoxy) is 1. The highest BCUT2D eigenvalue weighted by Crippen LogP contribution is 2.48. The smallest absolute Gasteiger partial charge is 0.309 e. The lowest BCUT2D eigenvalue weighted by Crippen LogP contribution is -2.07. The topological polar surface area (TPSA) is 39.2 Å². The van der Waals surface area contributed by atoms with Crippen LogP contribution in [0, 0.1) is 11.9 Å². The Morgan fingerprint density at radius 1 is 1.73 bits per heavy atom. The van der Waals surface area contributed by atoms with Crippen molar-refractivity contribution in [2.45, 2.75) is 19.3 Å². The van der Waals surface area contributed by atoms with Gasteiger partial charge in [0, 0.05) is 6.20 Å². The van der Waals surface area contributed by atoms with Crippen molar-refractivity contribution in [3.63, 3.8) is 0 Å². The third kappa shape index (κ3) is 2.14. The van der Waals surface area contributed by atoms with E-state index in [1.807, 2.05) is 0 Å². The number of aromatic nitrogens is 1.